The molecule has 4 aromatic rings. The Bertz CT molecular complexity index is 2420. The van der Waals surface area contributed by atoms with Gasteiger partial charge in [0, 0.05) is 17.1 Å². The van der Waals surface area contributed by atoms with Gasteiger partial charge < -0.3 is 10.2 Å². The van der Waals surface area contributed by atoms with Crippen LogP contribution in [-0.2, 0) is 30.8 Å². The standard InChI is InChI=1S/C40H29Cl2F3N4O7/c1-18-13-19(5-12-30(18)50)32-25-10-11-26-31(36(53)48(34(26)51)24-4-2-3-20(14-24)37(54)55)27(25)16-28-35(52)49(38(56)39(28,32)21-6-8-23(41)9-7-21)47-33-29(42)15-22(17-46-33)40(43,44)45/h2-10,12-15,17,26-28,31-32,50H,11,16H2,1H3,(H,46,47)(H,54,55)/t26-,27+,28-,31-,32-,39+/m0/s1. The van der Waals surface area contributed by atoms with Crippen LogP contribution in [0.3, 0.4) is 0 Å². The number of phenolic OH excluding ortho intramolecular Hbond substituents is 1. The molecule has 2 saturated heterocycles. The number of aryl methyl sites for hydroxylation is 1. The number of aromatic hydroxyl groups is 1. The molecule has 16 heteroatoms. The SMILES string of the molecule is Cc1cc([C@H]2C3=CC[C@@H]4C(=O)N(c5cccc(C(=O)O)c5)C(=O)[C@@H]4[C@@H]3C[C@H]3C(=O)N(Nc4ncc(C(F)(F)F)cc4Cl)C(=O)[C@@]23c2ccc(Cl)cc2)ccc1O. The molecule has 3 heterocycles. The number of carboxylic acid groups (broad SMARTS) is 1. The fourth-order valence-electron chi connectivity index (χ4n) is 9.05. The van der Waals surface area contributed by atoms with Crippen LogP contribution in [-0.4, -0.2) is 49.8 Å². The third-order valence-corrected chi connectivity index (χ3v) is 12.0. The molecule has 286 valence electrons. The summed E-state index contributed by atoms with van der Waals surface area (Å²) in [5, 5.41) is 20.7. The molecule has 8 rings (SSSR count). The van der Waals surface area contributed by atoms with Crippen molar-refractivity contribution < 1.29 is 47.4 Å². The van der Waals surface area contributed by atoms with Crippen LogP contribution >= 0.6 is 23.2 Å². The summed E-state index contributed by atoms with van der Waals surface area (Å²) < 4.78 is 40.4. The summed E-state index contributed by atoms with van der Waals surface area (Å²) in [5.74, 6) is -9.26. The number of hydrazine groups is 1. The largest absolute Gasteiger partial charge is 0.508 e. The summed E-state index contributed by atoms with van der Waals surface area (Å²) in [5.41, 5.74) is 1.56. The first-order chi connectivity index (χ1) is 26.5. The van der Waals surface area contributed by atoms with Gasteiger partial charge in [-0.15, -0.1) is 0 Å². The van der Waals surface area contributed by atoms with Crippen molar-refractivity contribution in [2.75, 3.05) is 10.3 Å². The van der Waals surface area contributed by atoms with Crippen molar-refractivity contribution in [1.29, 1.82) is 0 Å². The predicted molar refractivity (Wildman–Crippen MR) is 196 cm³/mol. The lowest BCUT2D eigenvalue weighted by Gasteiger charge is -2.50. The molecule has 0 spiro atoms. The second-order valence-electron chi connectivity index (χ2n) is 14.3. The van der Waals surface area contributed by atoms with Gasteiger partial charge in [-0.1, -0.05) is 65.2 Å². The Kier molecular flexibility index (Phi) is 8.77. The number of fused-ring (bicyclic) bond motifs is 4. The van der Waals surface area contributed by atoms with Crippen LogP contribution in [0.4, 0.5) is 24.7 Å². The molecule has 0 unspecified atom stereocenters. The summed E-state index contributed by atoms with van der Waals surface area (Å²) in [6, 6.07) is 17.2. The number of halogens is 5. The minimum absolute atomic E-state index is 0.0353. The highest BCUT2D eigenvalue weighted by atomic mass is 35.5. The highest BCUT2D eigenvalue weighted by Gasteiger charge is 2.70. The summed E-state index contributed by atoms with van der Waals surface area (Å²) in [6.07, 6.45) is -2.46. The van der Waals surface area contributed by atoms with Crippen molar-refractivity contribution in [1.82, 2.24) is 9.99 Å². The van der Waals surface area contributed by atoms with Gasteiger partial charge in [0.05, 0.1) is 45.0 Å². The maximum absolute atomic E-state index is 15.3. The van der Waals surface area contributed by atoms with E-state index in [0.717, 1.165) is 4.90 Å². The van der Waals surface area contributed by atoms with Crippen molar-refractivity contribution in [3.05, 3.63) is 129 Å². The highest BCUT2D eigenvalue weighted by molar-refractivity contribution is 6.33. The van der Waals surface area contributed by atoms with E-state index in [4.69, 9.17) is 23.2 Å². The number of imide groups is 2. The summed E-state index contributed by atoms with van der Waals surface area (Å²) >= 11 is 12.6. The molecule has 3 aromatic carbocycles. The van der Waals surface area contributed by atoms with Crippen LogP contribution < -0.4 is 10.3 Å². The number of nitrogens with zero attached hydrogens (tertiary/aromatic N) is 3. The molecule has 4 amide bonds. The number of carbonyl (C=O) groups excluding carboxylic acids is 4. The quantitative estimate of drug-likeness (QED) is 0.134. The van der Waals surface area contributed by atoms with Gasteiger partial charge in [0.2, 0.25) is 11.8 Å². The Balaban J connectivity index is 1.30. The number of aromatic nitrogens is 1. The average molecular weight is 806 g/mol. The number of anilines is 2. The number of amides is 4. The summed E-state index contributed by atoms with van der Waals surface area (Å²) in [7, 11) is 0. The number of benzene rings is 3. The maximum Gasteiger partial charge on any atom is 0.417 e. The van der Waals surface area contributed by atoms with Crippen molar-refractivity contribution in [3.8, 4) is 5.75 Å². The zero-order valence-electron chi connectivity index (χ0n) is 29.1. The molecule has 3 N–H and O–H groups in total. The Labute approximate surface area is 326 Å². The van der Waals surface area contributed by atoms with E-state index in [2.05, 4.69) is 10.4 Å². The number of phenols is 1. The molecule has 0 bridgehead atoms. The third kappa shape index (κ3) is 5.56. The van der Waals surface area contributed by atoms with Gasteiger partial charge in [0.15, 0.2) is 5.82 Å². The zero-order chi connectivity index (χ0) is 40.0. The maximum atomic E-state index is 15.3. The smallest absolute Gasteiger partial charge is 0.417 e. The van der Waals surface area contributed by atoms with Gasteiger partial charge in [-0.3, -0.25) is 29.5 Å². The van der Waals surface area contributed by atoms with E-state index >= 15 is 4.79 Å². The first-order valence-electron chi connectivity index (χ1n) is 17.4. The van der Waals surface area contributed by atoms with Crippen molar-refractivity contribution in [3.63, 3.8) is 0 Å². The first-order valence-corrected chi connectivity index (χ1v) is 18.1. The van der Waals surface area contributed by atoms with Gasteiger partial charge in [0.25, 0.3) is 11.8 Å². The first kappa shape index (κ1) is 37.2. The van der Waals surface area contributed by atoms with E-state index < -0.39 is 87.2 Å². The molecule has 56 heavy (non-hydrogen) atoms. The molecule has 0 radical (unpaired) electrons. The van der Waals surface area contributed by atoms with Gasteiger partial charge in [-0.25, -0.2) is 9.78 Å². The lowest BCUT2D eigenvalue weighted by atomic mass is 9.49. The van der Waals surface area contributed by atoms with Crippen LogP contribution in [0.5, 0.6) is 5.75 Å². The number of pyridine rings is 1. The Morgan fingerprint density at radius 1 is 0.946 bits per heavy atom. The molecular weight excluding hydrogens is 776 g/mol. The third-order valence-electron chi connectivity index (χ3n) is 11.5. The van der Waals surface area contributed by atoms with Crippen LogP contribution in [0.1, 0.15) is 51.4 Å². The molecule has 1 aromatic heterocycles. The molecule has 11 nitrogen and oxygen atoms in total. The zero-order valence-corrected chi connectivity index (χ0v) is 30.6. The van der Waals surface area contributed by atoms with E-state index in [1.807, 2.05) is 6.08 Å². The number of hydrogen-bond donors (Lipinski definition) is 3. The summed E-state index contributed by atoms with van der Waals surface area (Å²) in [6.45, 7) is 1.66. The molecule has 6 atom stereocenters. The fourth-order valence-corrected chi connectivity index (χ4v) is 9.38. The highest BCUT2D eigenvalue weighted by Crippen LogP contribution is 2.64. The molecule has 2 aliphatic carbocycles. The van der Waals surface area contributed by atoms with E-state index in [-0.39, 0.29) is 29.8 Å². The number of allylic oxidation sites excluding steroid dienone is 2. The van der Waals surface area contributed by atoms with E-state index in [1.54, 1.807) is 43.3 Å². The lowest BCUT2D eigenvalue weighted by Crippen LogP contribution is -2.53. The van der Waals surface area contributed by atoms with Crippen molar-refractivity contribution in [2.24, 2.45) is 23.7 Å². The average Bonchev–Trinajstić information content (AvgIpc) is 3.54. The van der Waals surface area contributed by atoms with Gasteiger partial charge in [-0.05, 0) is 84.8 Å². The van der Waals surface area contributed by atoms with E-state index in [0.29, 0.717) is 44.6 Å². The van der Waals surface area contributed by atoms with Crippen molar-refractivity contribution in [2.45, 2.75) is 37.3 Å². The molecule has 3 fully saturated rings. The number of carbonyl (C=O) groups is 5. The van der Waals surface area contributed by atoms with Crippen LogP contribution in [0.2, 0.25) is 10.0 Å². The Morgan fingerprint density at radius 2 is 1.68 bits per heavy atom. The second-order valence-corrected chi connectivity index (χ2v) is 15.2. The predicted octanol–water partition coefficient (Wildman–Crippen LogP) is 7.31. The number of alkyl halides is 3. The van der Waals surface area contributed by atoms with Crippen LogP contribution in [0.15, 0.2) is 90.6 Å². The van der Waals surface area contributed by atoms with Crippen LogP contribution in [0, 0.1) is 30.6 Å². The number of nitrogens with one attached hydrogen (secondary N) is 1. The fraction of sp³-hybridized carbons (Fsp3) is 0.250. The normalized spacial score (nSPS) is 25.8. The minimum atomic E-state index is -4.77. The van der Waals surface area contributed by atoms with E-state index in [9.17, 15) is 42.6 Å². The minimum Gasteiger partial charge on any atom is -0.508 e. The molecule has 1 saturated carbocycles. The van der Waals surface area contributed by atoms with Crippen molar-refractivity contribution >= 4 is 64.3 Å². The Hall–Kier alpha value is -5.73. The monoisotopic (exact) mass is 804 g/mol. The number of hydrogen-bond acceptors (Lipinski definition) is 8. The van der Waals surface area contributed by atoms with Gasteiger partial charge >= 0.3 is 12.1 Å². The summed E-state index contributed by atoms with van der Waals surface area (Å²) in [4.78, 5) is 75.2. The lowest BCUT2D eigenvalue weighted by molar-refractivity contribution is -0.139. The van der Waals surface area contributed by atoms with Gasteiger partial charge in [-0.2, -0.15) is 18.2 Å². The van der Waals surface area contributed by atoms with E-state index in [1.165, 1.54) is 30.3 Å². The number of rotatable bonds is 6. The molecule has 2 aliphatic heterocycles. The number of carboxylic acids is 1. The second kappa shape index (κ2) is 13.2. The van der Waals surface area contributed by atoms with Crippen LogP contribution in [0.25, 0.3) is 0 Å². The topological polar surface area (TPSA) is 157 Å². The van der Waals surface area contributed by atoms with Gasteiger partial charge in [0.1, 0.15) is 5.75 Å². The Morgan fingerprint density at radius 3 is 2.34 bits per heavy atom. The molecule has 4 aliphatic rings. The molecular formula is C40H29Cl2F3N4O7. The number of aromatic carboxylic acids is 1.